The summed E-state index contributed by atoms with van der Waals surface area (Å²) >= 11 is 0. The van der Waals surface area contributed by atoms with E-state index in [4.69, 9.17) is 4.42 Å². The van der Waals surface area contributed by atoms with E-state index in [-0.39, 0.29) is 0 Å². The number of anilines is 3. The van der Waals surface area contributed by atoms with Crippen molar-refractivity contribution in [1.82, 2.24) is 4.57 Å². The molecule has 11 rings (SSSR count). The number of hydrogen-bond acceptors (Lipinski definition) is 2. The molecule has 2 aromatic heterocycles. The average molecular weight is 729 g/mol. The van der Waals surface area contributed by atoms with Gasteiger partial charge in [0.25, 0.3) is 0 Å². The zero-order valence-corrected chi connectivity index (χ0v) is 31.1. The molecule has 57 heavy (non-hydrogen) atoms. The van der Waals surface area contributed by atoms with Crippen molar-refractivity contribution in [2.75, 3.05) is 4.90 Å². The number of hydrogen-bond donors (Lipinski definition) is 0. The van der Waals surface area contributed by atoms with Crippen molar-refractivity contribution in [3.05, 3.63) is 218 Å². The molecular weight excluding hydrogens is 693 g/mol. The first-order valence-corrected chi connectivity index (χ1v) is 19.4. The molecule has 0 saturated carbocycles. The Kier molecular flexibility index (Phi) is 7.82. The summed E-state index contributed by atoms with van der Waals surface area (Å²) in [5.41, 5.74) is 15.4. The lowest BCUT2D eigenvalue weighted by atomic mass is 10.00. The highest BCUT2D eigenvalue weighted by molar-refractivity contribution is 6.13. The Bertz CT molecular complexity index is 3060. The minimum Gasteiger partial charge on any atom is -0.455 e. The third kappa shape index (κ3) is 5.68. The summed E-state index contributed by atoms with van der Waals surface area (Å²) in [6, 6.07) is 78.0. The maximum absolute atomic E-state index is 6.68. The third-order valence-electron chi connectivity index (χ3n) is 11.2. The van der Waals surface area contributed by atoms with E-state index in [1.165, 1.54) is 44.1 Å². The second-order valence-corrected chi connectivity index (χ2v) is 14.5. The predicted octanol–water partition coefficient (Wildman–Crippen LogP) is 15.2. The van der Waals surface area contributed by atoms with E-state index < -0.39 is 0 Å². The predicted molar refractivity (Wildman–Crippen MR) is 239 cm³/mol. The van der Waals surface area contributed by atoms with Crippen molar-refractivity contribution in [1.29, 1.82) is 0 Å². The lowest BCUT2D eigenvalue weighted by molar-refractivity contribution is 0.670. The van der Waals surface area contributed by atoms with Gasteiger partial charge in [-0.1, -0.05) is 152 Å². The van der Waals surface area contributed by atoms with Crippen LogP contribution in [0.1, 0.15) is 0 Å². The number of furan rings is 1. The average Bonchev–Trinajstić information content (AvgIpc) is 3.83. The van der Waals surface area contributed by atoms with Gasteiger partial charge in [-0.2, -0.15) is 0 Å². The van der Waals surface area contributed by atoms with E-state index in [2.05, 4.69) is 222 Å². The normalized spacial score (nSPS) is 11.5. The topological polar surface area (TPSA) is 21.3 Å². The summed E-state index contributed by atoms with van der Waals surface area (Å²) in [4.78, 5) is 2.33. The van der Waals surface area contributed by atoms with Gasteiger partial charge < -0.3 is 13.9 Å². The lowest BCUT2D eigenvalue weighted by Crippen LogP contribution is -2.09. The van der Waals surface area contributed by atoms with Crippen LogP contribution in [-0.4, -0.2) is 4.57 Å². The van der Waals surface area contributed by atoms with Crippen LogP contribution in [0.25, 0.3) is 82.8 Å². The first kappa shape index (κ1) is 32.8. The fourth-order valence-electron chi connectivity index (χ4n) is 8.46. The molecule has 0 unspecified atom stereocenters. The van der Waals surface area contributed by atoms with Crippen molar-refractivity contribution in [2.24, 2.45) is 0 Å². The van der Waals surface area contributed by atoms with Crippen LogP contribution in [0.3, 0.4) is 0 Å². The Balaban J connectivity index is 1.06. The highest BCUT2D eigenvalue weighted by Gasteiger charge is 2.19. The SMILES string of the molecule is c1ccc(-c2ccc(N(c3ccc(-c4ccccc4)cc3)c3ccc(-c4cc(-n5c6ccccc6c6ccccc65)cc5c4oc4ccccc45)cc3)cc2)cc1. The van der Waals surface area contributed by atoms with Gasteiger partial charge in [0.2, 0.25) is 0 Å². The number of para-hydroxylation sites is 3. The van der Waals surface area contributed by atoms with Crippen LogP contribution < -0.4 is 4.90 Å². The second-order valence-electron chi connectivity index (χ2n) is 14.5. The standard InChI is InChI=1S/C54H36N2O/c1-3-13-37(14-4-1)39-23-29-42(30-24-39)55(43-31-25-40(26-32-43)38-15-5-2-6-16-38)44-33-27-41(28-34-44)49-35-45(36-50-48-19-9-12-22-53(48)57-54(49)50)56-51-20-10-7-17-46(51)47-18-8-11-21-52(47)56/h1-36H. The fourth-order valence-corrected chi connectivity index (χ4v) is 8.46. The van der Waals surface area contributed by atoms with Crippen LogP contribution in [0.2, 0.25) is 0 Å². The summed E-state index contributed by atoms with van der Waals surface area (Å²) < 4.78 is 9.07. The second kappa shape index (κ2) is 13.6. The number of nitrogens with zero attached hydrogens (tertiary/aromatic N) is 2. The summed E-state index contributed by atoms with van der Waals surface area (Å²) in [6.45, 7) is 0. The number of rotatable bonds is 7. The molecule has 0 aliphatic carbocycles. The van der Waals surface area contributed by atoms with Crippen LogP contribution in [0, 0.1) is 0 Å². The Morgan fingerprint density at radius 3 is 1.28 bits per heavy atom. The fraction of sp³-hybridized carbons (Fsp3) is 0. The quantitative estimate of drug-likeness (QED) is 0.163. The molecule has 0 radical (unpaired) electrons. The van der Waals surface area contributed by atoms with Gasteiger partial charge in [0.1, 0.15) is 11.2 Å². The van der Waals surface area contributed by atoms with Gasteiger partial charge >= 0.3 is 0 Å². The molecule has 0 aliphatic heterocycles. The molecule has 0 N–H and O–H groups in total. The molecule has 0 amide bonds. The van der Waals surface area contributed by atoms with Crippen molar-refractivity contribution in [3.8, 4) is 39.1 Å². The number of aromatic nitrogens is 1. The van der Waals surface area contributed by atoms with Gasteiger partial charge in [-0.05, 0) is 94.5 Å². The Labute approximate surface area is 330 Å². The van der Waals surface area contributed by atoms with Crippen LogP contribution in [0.5, 0.6) is 0 Å². The van der Waals surface area contributed by atoms with Crippen LogP contribution in [0.15, 0.2) is 223 Å². The molecule has 3 nitrogen and oxygen atoms in total. The first-order chi connectivity index (χ1) is 28.3. The molecule has 11 aromatic rings. The van der Waals surface area contributed by atoms with Gasteiger partial charge in [-0.25, -0.2) is 0 Å². The van der Waals surface area contributed by atoms with E-state index in [0.29, 0.717) is 0 Å². The molecule has 0 atom stereocenters. The zero-order chi connectivity index (χ0) is 37.7. The molecule has 0 spiro atoms. The Morgan fingerprint density at radius 1 is 0.333 bits per heavy atom. The molecule has 3 heteroatoms. The van der Waals surface area contributed by atoms with Crippen LogP contribution in [-0.2, 0) is 0 Å². The maximum atomic E-state index is 6.68. The van der Waals surface area contributed by atoms with Gasteiger partial charge in [-0.15, -0.1) is 0 Å². The van der Waals surface area contributed by atoms with Crippen molar-refractivity contribution >= 4 is 60.8 Å². The van der Waals surface area contributed by atoms with Crippen LogP contribution in [0.4, 0.5) is 17.1 Å². The minimum absolute atomic E-state index is 0.883. The highest BCUT2D eigenvalue weighted by Crippen LogP contribution is 2.42. The highest BCUT2D eigenvalue weighted by atomic mass is 16.3. The Hall–Kier alpha value is -7.62. The minimum atomic E-state index is 0.883. The van der Waals surface area contributed by atoms with Gasteiger partial charge in [-0.3, -0.25) is 0 Å². The van der Waals surface area contributed by atoms with Crippen molar-refractivity contribution in [3.63, 3.8) is 0 Å². The monoisotopic (exact) mass is 728 g/mol. The lowest BCUT2D eigenvalue weighted by Gasteiger charge is -2.26. The largest absolute Gasteiger partial charge is 0.455 e. The summed E-state index contributed by atoms with van der Waals surface area (Å²) in [6.07, 6.45) is 0. The van der Waals surface area contributed by atoms with Crippen molar-refractivity contribution < 1.29 is 4.42 Å². The zero-order valence-electron chi connectivity index (χ0n) is 31.1. The van der Waals surface area contributed by atoms with E-state index >= 15 is 0 Å². The smallest absolute Gasteiger partial charge is 0.143 e. The Morgan fingerprint density at radius 2 is 0.754 bits per heavy atom. The molecule has 0 saturated heterocycles. The number of benzene rings is 9. The van der Waals surface area contributed by atoms with E-state index in [0.717, 1.165) is 55.8 Å². The van der Waals surface area contributed by atoms with Gasteiger partial charge in [0, 0.05) is 49.9 Å². The van der Waals surface area contributed by atoms with E-state index in [9.17, 15) is 0 Å². The molecule has 0 fully saturated rings. The molecule has 268 valence electrons. The first-order valence-electron chi connectivity index (χ1n) is 19.4. The summed E-state index contributed by atoms with van der Waals surface area (Å²) in [5, 5.41) is 4.69. The number of fused-ring (bicyclic) bond motifs is 6. The molecule has 0 bridgehead atoms. The van der Waals surface area contributed by atoms with Gasteiger partial charge in [0.05, 0.1) is 11.0 Å². The van der Waals surface area contributed by atoms with E-state index in [1.54, 1.807) is 0 Å². The molecule has 9 aromatic carbocycles. The molecule has 2 heterocycles. The van der Waals surface area contributed by atoms with Crippen molar-refractivity contribution in [2.45, 2.75) is 0 Å². The maximum Gasteiger partial charge on any atom is 0.143 e. The third-order valence-corrected chi connectivity index (χ3v) is 11.2. The molecular formula is C54H36N2O. The van der Waals surface area contributed by atoms with Crippen LogP contribution >= 0.6 is 0 Å². The summed E-state index contributed by atoms with van der Waals surface area (Å²) in [7, 11) is 0. The molecule has 0 aliphatic rings. The van der Waals surface area contributed by atoms with E-state index in [1.807, 2.05) is 6.07 Å². The van der Waals surface area contributed by atoms with Gasteiger partial charge in [0.15, 0.2) is 0 Å². The summed E-state index contributed by atoms with van der Waals surface area (Å²) in [5.74, 6) is 0.